The number of methoxy groups -OCH3 is 1. The smallest absolute Gasteiger partial charge is 0.271 e. The third-order valence-electron chi connectivity index (χ3n) is 3.84. The second-order valence-corrected chi connectivity index (χ2v) is 7.00. The lowest BCUT2D eigenvalue weighted by Gasteiger charge is -2.11. The number of benzene rings is 3. The average Bonchev–Trinajstić information content (AvgIpc) is 2.66. The molecule has 0 aliphatic heterocycles. The second kappa shape index (κ2) is 8.28. The Kier molecular flexibility index (Phi) is 5.83. The van der Waals surface area contributed by atoms with Crippen LogP contribution >= 0.6 is 23.4 Å². The van der Waals surface area contributed by atoms with Crippen molar-refractivity contribution in [3.8, 4) is 5.75 Å². The van der Waals surface area contributed by atoms with Crippen LogP contribution in [-0.2, 0) is 4.79 Å². The van der Waals surface area contributed by atoms with E-state index in [-0.39, 0.29) is 23.0 Å². The van der Waals surface area contributed by atoms with Crippen molar-refractivity contribution in [2.75, 3.05) is 18.2 Å². The van der Waals surface area contributed by atoms with Gasteiger partial charge in [0.15, 0.2) is 0 Å². The Morgan fingerprint density at radius 1 is 1.22 bits per heavy atom. The Morgan fingerprint density at radius 2 is 1.96 bits per heavy atom. The van der Waals surface area contributed by atoms with E-state index in [0.29, 0.717) is 10.8 Å². The molecule has 0 spiro atoms. The lowest BCUT2D eigenvalue weighted by atomic mass is 10.1. The Bertz CT molecular complexity index is 1020. The van der Waals surface area contributed by atoms with Gasteiger partial charge in [0.2, 0.25) is 5.91 Å². The van der Waals surface area contributed by atoms with Crippen LogP contribution in [0.15, 0.2) is 59.5 Å². The molecule has 3 rings (SSSR count). The van der Waals surface area contributed by atoms with Crippen LogP contribution in [0.5, 0.6) is 5.75 Å². The highest BCUT2D eigenvalue weighted by Crippen LogP contribution is 2.34. The average molecular weight is 403 g/mol. The molecule has 0 fully saturated rings. The SMILES string of the molecule is COc1ccc([N+](=O)[O-])cc1NC(=O)CSc1cccc2cccc(Cl)c12. The van der Waals surface area contributed by atoms with Gasteiger partial charge in [-0.25, -0.2) is 0 Å². The minimum atomic E-state index is -0.526. The van der Waals surface area contributed by atoms with E-state index < -0.39 is 4.92 Å². The van der Waals surface area contributed by atoms with E-state index in [1.807, 2.05) is 36.4 Å². The van der Waals surface area contributed by atoms with E-state index >= 15 is 0 Å². The molecule has 0 aliphatic rings. The van der Waals surface area contributed by atoms with Gasteiger partial charge in [-0.15, -0.1) is 11.8 Å². The van der Waals surface area contributed by atoms with Crippen LogP contribution in [0.3, 0.4) is 0 Å². The summed E-state index contributed by atoms with van der Waals surface area (Å²) in [5.74, 6) is 0.172. The number of hydrogen-bond acceptors (Lipinski definition) is 5. The zero-order valence-electron chi connectivity index (χ0n) is 14.3. The maximum atomic E-state index is 12.4. The topological polar surface area (TPSA) is 81.5 Å². The summed E-state index contributed by atoms with van der Waals surface area (Å²) in [6.45, 7) is 0. The number of nitrogens with zero attached hydrogens (tertiary/aromatic N) is 1. The number of ether oxygens (including phenoxy) is 1. The largest absolute Gasteiger partial charge is 0.495 e. The maximum Gasteiger partial charge on any atom is 0.271 e. The first-order chi connectivity index (χ1) is 13.0. The van der Waals surface area contributed by atoms with Crippen molar-refractivity contribution in [3.05, 3.63) is 69.7 Å². The number of fused-ring (bicyclic) bond motifs is 1. The number of nitrogens with one attached hydrogen (secondary N) is 1. The fraction of sp³-hybridized carbons (Fsp3) is 0.105. The summed E-state index contributed by atoms with van der Waals surface area (Å²) in [4.78, 5) is 23.7. The molecule has 3 aromatic carbocycles. The highest BCUT2D eigenvalue weighted by Gasteiger charge is 2.14. The lowest BCUT2D eigenvalue weighted by molar-refractivity contribution is -0.384. The molecule has 0 atom stereocenters. The highest BCUT2D eigenvalue weighted by atomic mass is 35.5. The summed E-state index contributed by atoms with van der Waals surface area (Å²) in [7, 11) is 1.43. The number of non-ortho nitro benzene ring substituents is 1. The second-order valence-electron chi connectivity index (χ2n) is 5.57. The van der Waals surface area contributed by atoms with E-state index in [1.54, 1.807) is 0 Å². The first kappa shape index (κ1) is 19.0. The number of nitro groups is 1. The molecule has 0 saturated heterocycles. The summed E-state index contributed by atoms with van der Waals surface area (Å²) in [5.41, 5.74) is 0.132. The molecule has 27 heavy (non-hydrogen) atoms. The number of carbonyl (C=O) groups excluding carboxylic acids is 1. The number of anilines is 1. The van der Waals surface area contributed by atoms with Crippen molar-refractivity contribution in [2.24, 2.45) is 0 Å². The van der Waals surface area contributed by atoms with E-state index in [2.05, 4.69) is 5.32 Å². The van der Waals surface area contributed by atoms with Gasteiger partial charge in [0, 0.05) is 27.4 Å². The minimum absolute atomic E-state index is 0.121. The Morgan fingerprint density at radius 3 is 2.67 bits per heavy atom. The minimum Gasteiger partial charge on any atom is -0.495 e. The molecule has 0 saturated carbocycles. The quantitative estimate of drug-likeness (QED) is 0.350. The van der Waals surface area contributed by atoms with Gasteiger partial charge in [-0.3, -0.25) is 14.9 Å². The molecule has 6 nitrogen and oxygen atoms in total. The summed E-state index contributed by atoms with van der Waals surface area (Å²) in [6, 6.07) is 15.5. The van der Waals surface area contributed by atoms with Crippen LogP contribution < -0.4 is 10.1 Å². The van der Waals surface area contributed by atoms with Crippen LogP contribution in [0.25, 0.3) is 10.8 Å². The zero-order valence-corrected chi connectivity index (χ0v) is 15.8. The summed E-state index contributed by atoms with van der Waals surface area (Å²) >= 11 is 7.64. The molecular formula is C19H15ClN2O4S. The molecule has 0 heterocycles. The fourth-order valence-electron chi connectivity index (χ4n) is 2.62. The highest BCUT2D eigenvalue weighted by molar-refractivity contribution is 8.00. The zero-order chi connectivity index (χ0) is 19.4. The Hall–Kier alpha value is -2.77. The van der Waals surface area contributed by atoms with Crippen LogP contribution in [0, 0.1) is 10.1 Å². The number of carbonyl (C=O) groups is 1. The molecule has 8 heteroatoms. The van der Waals surface area contributed by atoms with Crippen molar-refractivity contribution >= 4 is 51.4 Å². The van der Waals surface area contributed by atoms with Crippen LogP contribution in [0.4, 0.5) is 11.4 Å². The summed E-state index contributed by atoms with van der Waals surface area (Å²) in [6.07, 6.45) is 0. The van der Waals surface area contributed by atoms with E-state index in [1.165, 1.54) is 37.1 Å². The van der Waals surface area contributed by atoms with E-state index in [4.69, 9.17) is 16.3 Å². The molecule has 138 valence electrons. The lowest BCUT2D eigenvalue weighted by Crippen LogP contribution is -2.15. The molecule has 1 N–H and O–H groups in total. The van der Waals surface area contributed by atoms with Gasteiger partial charge < -0.3 is 10.1 Å². The molecular weight excluding hydrogens is 388 g/mol. The molecule has 0 bridgehead atoms. The number of halogens is 1. The number of nitro benzene ring substituents is 1. The third kappa shape index (κ3) is 4.32. The monoisotopic (exact) mass is 402 g/mol. The Labute approximate surface area is 164 Å². The number of rotatable bonds is 6. The fourth-order valence-corrected chi connectivity index (χ4v) is 3.86. The van der Waals surface area contributed by atoms with E-state index in [9.17, 15) is 14.9 Å². The number of amides is 1. The van der Waals surface area contributed by atoms with Gasteiger partial charge in [-0.05, 0) is 23.6 Å². The molecule has 3 aromatic rings. The summed E-state index contributed by atoms with van der Waals surface area (Å²) < 4.78 is 5.16. The van der Waals surface area contributed by atoms with Gasteiger partial charge in [0.25, 0.3) is 5.69 Å². The Balaban J connectivity index is 1.76. The number of hydrogen-bond donors (Lipinski definition) is 1. The van der Waals surface area contributed by atoms with Crippen LogP contribution in [0.1, 0.15) is 0 Å². The predicted octanol–water partition coefficient (Wildman–Crippen LogP) is 5.14. The van der Waals surface area contributed by atoms with Gasteiger partial charge in [-0.1, -0.05) is 35.9 Å². The predicted molar refractivity (Wildman–Crippen MR) is 108 cm³/mol. The molecule has 0 aliphatic carbocycles. The standard InChI is InChI=1S/C19H15ClN2O4S/c1-26-16-9-8-13(22(24)25)10-15(16)21-18(23)11-27-17-7-3-5-12-4-2-6-14(20)19(12)17/h2-10H,11H2,1H3,(H,21,23). The van der Waals surface area contributed by atoms with Crippen LogP contribution in [-0.4, -0.2) is 23.7 Å². The van der Waals surface area contributed by atoms with Crippen molar-refractivity contribution < 1.29 is 14.5 Å². The molecule has 0 unspecified atom stereocenters. The first-order valence-corrected chi connectivity index (χ1v) is 9.28. The molecule has 0 aromatic heterocycles. The van der Waals surface area contributed by atoms with Gasteiger partial charge >= 0.3 is 0 Å². The first-order valence-electron chi connectivity index (χ1n) is 7.92. The van der Waals surface area contributed by atoms with Crippen molar-refractivity contribution in [3.63, 3.8) is 0 Å². The maximum absolute atomic E-state index is 12.4. The summed E-state index contributed by atoms with van der Waals surface area (Å²) in [5, 5.41) is 16.1. The van der Waals surface area contributed by atoms with Crippen LogP contribution in [0.2, 0.25) is 5.02 Å². The number of thioether (sulfide) groups is 1. The third-order valence-corrected chi connectivity index (χ3v) is 5.22. The van der Waals surface area contributed by atoms with E-state index in [0.717, 1.165) is 15.7 Å². The van der Waals surface area contributed by atoms with Crippen molar-refractivity contribution in [2.45, 2.75) is 4.90 Å². The van der Waals surface area contributed by atoms with Gasteiger partial charge in [0.05, 0.1) is 23.5 Å². The van der Waals surface area contributed by atoms with Gasteiger partial charge in [0.1, 0.15) is 5.75 Å². The van der Waals surface area contributed by atoms with Crippen molar-refractivity contribution in [1.82, 2.24) is 0 Å². The van der Waals surface area contributed by atoms with Gasteiger partial charge in [-0.2, -0.15) is 0 Å². The molecule has 1 amide bonds. The van der Waals surface area contributed by atoms with Crippen molar-refractivity contribution in [1.29, 1.82) is 0 Å². The normalized spacial score (nSPS) is 10.6. The molecule has 0 radical (unpaired) electrons.